The van der Waals surface area contributed by atoms with Gasteiger partial charge in [-0.1, -0.05) is 18.2 Å². The highest BCUT2D eigenvalue weighted by atomic mass is 19.4. The third-order valence-electron chi connectivity index (χ3n) is 2.75. The number of ether oxygens (including phenoxy) is 1. The number of aryl methyl sites for hydroxylation is 1. The van der Waals surface area contributed by atoms with Crippen molar-refractivity contribution in [2.75, 3.05) is 0 Å². The molecule has 0 aromatic heterocycles. The SMILES string of the molecule is Cc1ccc(Oc2ccccc2C#N)cc1C(F)(F)F. The minimum atomic E-state index is -4.43. The average Bonchev–Trinajstić information content (AvgIpc) is 2.40. The molecule has 0 atom stereocenters. The molecule has 0 bridgehead atoms. The first-order valence-corrected chi connectivity index (χ1v) is 5.76. The van der Waals surface area contributed by atoms with Crippen LogP contribution in [-0.4, -0.2) is 0 Å². The van der Waals surface area contributed by atoms with Crippen molar-refractivity contribution in [3.8, 4) is 17.6 Å². The molecule has 5 heteroatoms. The molecule has 0 aliphatic rings. The molecular formula is C15H10F3NO. The van der Waals surface area contributed by atoms with Crippen LogP contribution in [-0.2, 0) is 6.18 Å². The molecule has 20 heavy (non-hydrogen) atoms. The number of rotatable bonds is 2. The molecule has 0 aliphatic heterocycles. The van der Waals surface area contributed by atoms with Crippen LogP contribution in [0.15, 0.2) is 42.5 Å². The molecule has 2 nitrogen and oxygen atoms in total. The maximum atomic E-state index is 12.8. The molecule has 102 valence electrons. The van der Waals surface area contributed by atoms with Crippen molar-refractivity contribution >= 4 is 0 Å². The van der Waals surface area contributed by atoms with Crippen molar-refractivity contribution in [3.63, 3.8) is 0 Å². The number of nitriles is 1. The van der Waals surface area contributed by atoms with Gasteiger partial charge >= 0.3 is 6.18 Å². The molecular weight excluding hydrogens is 267 g/mol. The Hall–Kier alpha value is -2.48. The quantitative estimate of drug-likeness (QED) is 0.798. The third kappa shape index (κ3) is 2.91. The van der Waals surface area contributed by atoms with Gasteiger partial charge in [0.2, 0.25) is 0 Å². The fourth-order valence-corrected chi connectivity index (χ4v) is 1.74. The highest BCUT2D eigenvalue weighted by molar-refractivity contribution is 5.46. The summed E-state index contributed by atoms with van der Waals surface area (Å²) >= 11 is 0. The van der Waals surface area contributed by atoms with Crippen molar-refractivity contribution in [2.45, 2.75) is 13.1 Å². The lowest BCUT2D eigenvalue weighted by atomic mass is 10.1. The molecule has 0 N–H and O–H groups in total. The van der Waals surface area contributed by atoms with Gasteiger partial charge in [-0.15, -0.1) is 0 Å². The monoisotopic (exact) mass is 277 g/mol. The van der Waals surface area contributed by atoms with Crippen LogP contribution in [0.5, 0.6) is 11.5 Å². The first-order valence-electron chi connectivity index (χ1n) is 5.76. The van der Waals surface area contributed by atoms with Crippen LogP contribution >= 0.6 is 0 Å². The van der Waals surface area contributed by atoms with E-state index in [-0.39, 0.29) is 22.6 Å². The Balaban J connectivity index is 2.38. The normalized spacial score (nSPS) is 10.9. The van der Waals surface area contributed by atoms with E-state index in [9.17, 15) is 13.2 Å². The molecule has 0 saturated carbocycles. The molecule has 0 unspecified atom stereocenters. The van der Waals surface area contributed by atoms with Crippen LogP contribution in [0, 0.1) is 18.3 Å². The predicted molar refractivity (Wildman–Crippen MR) is 67.4 cm³/mol. The lowest BCUT2D eigenvalue weighted by Gasteiger charge is -2.13. The second-order valence-corrected chi connectivity index (χ2v) is 4.18. The third-order valence-corrected chi connectivity index (χ3v) is 2.75. The van der Waals surface area contributed by atoms with Crippen molar-refractivity contribution in [3.05, 3.63) is 59.2 Å². The summed E-state index contributed by atoms with van der Waals surface area (Å²) in [5.41, 5.74) is -0.357. The highest BCUT2D eigenvalue weighted by Crippen LogP contribution is 2.35. The van der Waals surface area contributed by atoms with E-state index in [0.717, 1.165) is 6.07 Å². The number of hydrogen-bond acceptors (Lipinski definition) is 2. The van der Waals surface area contributed by atoms with Gasteiger partial charge in [0.05, 0.1) is 11.1 Å². The maximum absolute atomic E-state index is 12.8. The summed E-state index contributed by atoms with van der Waals surface area (Å²) in [5.74, 6) is 0.276. The van der Waals surface area contributed by atoms with E-state index in [1.165, 1.54) is 31.2 Å². The van der Waals surface area contributed by atoms with E-state index < -0.39 is 11.7 Å². The molecule has 2 aromatic rings. The summed E-state index contributed by atoms with van der Waals surface area (Å²) in [5, 5.41) is 8.91. The number of para-hydroxylation sites is 1. The van der Waals surface area contributed by atoms with Gasteiger partial charge in [-0.3, -0.25) is 0 Å². The number of nitrogens with zero attached hydrogens (tertiary/aromatic N) is 1. The fraction of sp³-hybridized carbons (Fsp3) is 0.133. The predicted octanol–water partition coefficient (Wildman–Crippen LogP) is 4.68. The van der Waals surface area contributed by atoms with Crippen LogP contribution in [0.2, 0.25) is 0 Å². The molecule has 2 aromatic carbocycles. The summed E-state index contributed by atoms with van der Waals surface area (Å²) in [6.45, 7) is 1.38. The van der Waals surface area contributed by atoms with Gasteiger partial charge in [0.1, 0.15) is 17.6 Å². The van der Waals surface area contributed by atoms with Gasteiger partial charge in [0.15, 0.2) is 0 Å². The molecule has 0 fully saturated rings. The Bertz CT molecular complexity index is 672. The lowest BCUT2D eigenvalue weighted by Crippen LogP contribution is -2.07. The fourth-order valence-electron chi connectivity index (χ4n) is 1.74. The van der Waals surface area contributed by atoms with Gasteiger partial charge < -0.3 is 4.74 Å². The zero-order valence-electron chi connectivity index (χ0n) is 10.5. The molecule has 0 spiro atoms. The Morgan fingerprint density at radius 3 is 2.45 bits per heavy atom. The summed E-state index contributed by atoms with van der Waals surface area (Å²) in [7, 11) is 0. The highest BCUT2D eigenvalue weighted by Gasteiger charge is 2.32. The molecule has 0 amide bonds. The van der Waals surface area contributed by atoms with E-state index in [2.05, 4.69) is 0 Å². The lowest BCUT2D eigenvalue weighted by molar-refractivity contribution is -0.138. The van der Waals surface area contributed by atoms with Crippen LogP contribution in [0.1, 0.15) is 16.7 Å². The average molecular weight is 277 g/mol. The topological polar surface area (TPSA) is 33.0 Å². The summed E-state index contributed by atoms with van der Waals surface area (Å²) in [6, 6.07) is 12.0. The van der Waals surface area contributed by atoms with E-state index >= 15 is 0 Å². The Labute approximate surface area is 114 Å². The molecule has 0 radical (unpaired) electrons. The van der Waals surface area contributed by atoms with Crippen molar-refractivity contribution in [1.29, 1.82) is 5.26 Å². The largest absolute Gasteiger partial charge is 0.456 e. The first-order chi connectivity index (χ1) is 9.41. The van der Waals surface area contributed by atoms with Crippen LogP contribution in [0.25, 0.3) is 0 Å². The molecule has 2 rings (SSSR count). The van der Waals surface area contributed by atoms with Gasteiger partial charge in [0.25, 0.3) is 0 Å². The standard InChI is InChI=1S/C15H10F3NO/c1-10-6-7-12(8-13(10)15(16,17)18)20-14-5-3-2-4-11(14)9-19/h2-8H,1H3. The first kappa shape index (κ1) is 13.9. The second kappa shape index (κ2) is 5.25. The summed E-state index contributed by atoms with van der Waals surface area (Å²) < 4.78 is 43.8. The van der Waals surface area contributed by atoms with Crippen LogP contribution in [0.3, 0.4) is 0 Å². The number of benzene rings is 2. The van der Waals surface area contributed by atoms with E-state index in [4.69, 9.17) is 10.00 Å². The number of halogens is 3. The van der Waals surface area contributed by atoms with Gasteiger partial charge in [-0.05, 0) is 36.8 Å². The van der Waals surface area contributed by atoms with Gasteiger partial charge in [-0.25, -0.2) is 0 Å². The summed E-state index contributed by atoms with van der Waals surface area (Å²) in [4.78, 5) is 0. The minimum Gasteiger partial charge on any atom is -0.456 e. The minimum absolute atomic E-state index is 0.0469. The smallest absolute Gasteiger partial charge is 0.416 e. The molecule has 0 saturated heterocycles. The van der Waals surface area contributed by atoms with E-state index in [1.54, 1.807) is 12.1 Å². The van der Waals surface area contributed by atoms with Gasteiger partial charge in [-0.2, -0.15) is 18.4 Å². The zero-order chi connectivity index (χ0) is 14.8. The van der Waals surface area contributed by atoms with Gasteiger partial charge in [0, 0.05) is 0 Å². The Morgan fingerprint density at radius 2 is 1.80 bits per heavy atom. The van der Waals surface area contributed by atoms with Crippen molar-refractivity contribution in [1.82, 2.24) is 0 Å². The molecule has 0 heterocycles. The Kier molecular flexibility index (Phi) is 3.66. The molecule has 0 aliphatic carbocycles. The van der Waals surface area contributed by atoms with Crippen molar-refractivity contribution in [2.24, 2.45) is 0 Å². The Morgan fingerprint density at radius 1 is 1.10 bits per heavy atom. The second-order valence-electron chi connectivity index (χ2n) is 4.18. The van der Waals surface area contributed by atoms with Crippen molar-refractivity contribution < 1.29 is 17.9 Å². The van der Waals surface area contributed by atoms with Crippen LogP contribution < -0.4 is 4.74 Å². The van der Waals surface area contributed by atoms with E-state index in [0.29, 0.717) is 0 Å². The number of hydrogen-bond donors (Lipinski definition) is 0. The zero-order valence-corrected chi connectivity index (χ0v) is 10.5. The van der Waals surface area contributed by atoms with E-state index in [1.807, 2.05) is 6.07 Å². The number of alkyl halides is 3. The maximum Gasteiger partial charge on any atom is 0.416 e. The summed E-state index contributed by atoms with van der Waals surface area (Å²) in [6.07, 6.45) is -4.43. The van der Waals surface area contributed by atoms with Crippen LogP contribution in [0.4, 0.5) is 13.2 Å².